The zero-order valence-electron chi connectivity index (χ0n) is 23.1. The summed E-state index contributed by atoms with van der Waals surface area (Å²) in [7, 11) is -2.46. The van der Waals surface area contributed by atoms with Crippen molar-refractivity contribution in [3.63, 3.8) is 0 Å². The summed E-state index contributed by atoms with van der Waals surface area (Å²) in [6, 6.07) is 4.91. The Labute approximate surface area is 229 Å². The first-order valence-corrected chi connectivity index (χ1v) is 15.0. The van der Waals surface area contributed by atoms with E-state index in [4.69, 9.17) is 4.42 Å². The first-order chi connectivity index (χ1) is 17.8. The number of aromatic nitrogens is 1. The second kappa shape index (κ2) is 12.4. The predicted molar refractivity (Wildman–Crippen MR) is 149 cm³/mol. The quantitative estimate of drug-likeness (QED) is 0.351. The Kier molecular flexibility index (Phi) is 9.72. The van der Waals surface area contributed by atoms with Crippen LogP contribution in [0.15, 0.2) is 39.8 Å². The molecule has 0 radical (unpaired) electrons. The number of carbonyl (C=O) groups is 2. The van der Waals surface area contributed by atoms with Crippen molar-refractivity contribution in [3.8, 4) is 0 Å². The van der Waals surface area contributed by atoms with Crippen LogP contribution in [0.2, 0.25) is 0 Å². The monoisotopic (exact) mass is 562 g/mol. The Morgan fingerprint density at radius 3 is 2.32 bits per heavy atom. The topological polar surface area (TPSA) is 113 Å². The molecule has 1 aromatic carbocycles. The molecule has 2 amide bonds. The van der Waals surface area contributed by atoms with Crippen LogP contribution in [-0.4, -0.2) is 61.2 Å². The number of fused-ring (bicyclic) bond motifs is 1. The molecule has 0 saturated carbocycles. The van der Waals surface area contributed by atoms with Crippen molar-refractivity contribution in [3.05, 3.63) is 46.1 Å². The highest BCUT2D eigenvalue weighted by Gasteiger charge is 2.33. The zero-order chi connectivity index (χ0) is 28.2. The number of benzene rings is 1. The number of nitrogens with one attached hydrogen (secondary N) is 1. The molecule has 11 heteroatoms. The van der Waals surface area contributed by atoms with E-state index in [0.29, 0.717) is 30.6 Å². The molecule has 208 valence electrons. The van der Waals surface area contributed by atoms with E-state index < -0.39 is 22.0 Å². The summed E-state index contributed by atoms with van der Waals surface area (Å²) in [5.74, 6) is -0.397. The molecule has 0 aliphatic carbocycles. The summed E-state index contributed by atoms with van der Waals surface area (Å²) in [5.41, 5.74) is 1.41. The van der Waals surface area contributed by atoms with E-state index in [0.717, 1.165) is 15.6 Å². The highest BCUT2D eigenvalue weighted by molar-refractivity contribution is 7.89. The Hall–Kier alpha value is -2.76. The normalized spacial score (nSPS) is 12.9. The van der Waals surface area contributed by atoms with E-state index in [2.05, 4.69) is 9.71 Å². The number of carbonyl (C=O) groups excluding carboxylic acids is 2. The van der Waals surface area contributed by atoms with Crippen molar-refractivity contribution in [2.75, 3.05) is 20.1 Å². The lowest BCUT2D eigenvalue weighted by atomic mass is 10.1. The third kappa shape index (κ3) is 7.64. The molecule has 1 atom stereocenters. The van der Waals surface area contributed by atoms with Gasteiger partial charge in [0.25, 0.3) is 0 Å². The summed E-state index contributed by atoms with van der Waals surface area (Å²) in [6.07, 6.45) is 1.18. The Bertz CT molecular complexity index is 1370. The van der Waals surface area contributed by atoms with Crippen LogP contribution in [0.25, 0.3) is 11.0 Å². The van der Waals surface area contributed by atoms with Crippen LogP contribution in [0, 0.1) is 25.7 Å². The molecular weight excluding hydrogens is 524 g/mol. The van der Waals surface area contributed by atoms with Crippen molar-refractivity contribution in [2.45, 2.75) is 65.4 Å². The number of nitrogens with zero attached hydrogens (tertiary/aromatic N) is 3. The van der Waals surface area contributed by atoms with Gasteiger partial charge in [-0.2, -0.15) is 4.72 Å². The molecule has 3 rings (SSSR count). The first kappa shape index (κ1) is 29.8. The molecule has 0 unspecified atom stereocenters. The Morgan fingerprint density at radius 2 is 1.74 bits per heavy atom. The average molecular weight is 563 g/mol. The van der Waals surface area contributed by atoms with Crippen LogP contribution in [0.1, 0.15) is 49.7 Å². The van der Waals surface area contributed by atoms with E-state index in [1.807, 2.05) is 41.5 Å². The van der Waals surface area contributed by atoms with Crippen LogP contribution in [0.3, 0.4) is 0 Å². The first-order valence-electron chi connectivity index (χ1n) is 12.7. The molecule has 0 saturated heterocycles. The number of hydrogen-bond acceptors (Lipinski definition) is 7. The van der Waals surface area contributed by atoms with Crippen molar-refractivity contribution in [1.82, 2.24) is 19.5 Å². The lowest BCUT2D eigenvalue weighted by Gasteiger charge is -2.31. The number of rotatable bonds is 12. The van der Waals surface area contributed by atoms with E-state index in [9.17, 15) is 18.0 Å². The minimum atomic E-state index is -4.12. The van der Waals surface area contributed by atoms with Gasteiger partial charge in [-0.05, 0) is 49.9 Å². The van der Waals surface area contributed by atoms with Crippen LogP contribution in [0.4, 0.5) is 0 Å². The molecule has 0 aliphatic rings. The fraction of sp³-hybridized carbons (Fsp3) is 0.519. The van der Waals surface area contributed by atoms with Crippen molar-refractivity contribution < 1.29 is 22.4 Å². The molecule has 0 bridgehead atoms. The van der Waals surface area contributed by atoms with Gasteiger partial charge in [-0.1, -0.05) is 27.7 Å². The molecular formula is C27H38N4O5S2. The summed E-state index contributed by atoms with van der Waals surface area (Å²) in [4.78, 5) is 35.6. The number of aryl methyl sites for hydroxylation is 2. The maximum Gasteiger partial charge on any atom is 0.241 e. The minimum absolute atomic E-state index is 0.0000302. The summed E-state index contributed by atoms with van der Waals surface area (Å²) >= 11 is 1.51. The molecule has 3 aromatic rings. The maximum absolute atomic E-state index is 13.8. The van der Waals surface area contributed by atoms with Crippen LogP contribution in [-0.2, 0) is 26.2 Å². The number of amides is 2. The molecule has 9 nitrogen and oxygen atoms in total. The summed E-state index contributed by atoms with van der Waals surface area (Å²) in [6.45, 7) is 13.0. The standard InChI is InChI=1S/C27H38N4O5S2/c1-17(2)14-31(15-18(3)4)27(33)23(13-26(32)30(7)16-25-19(5)28-20(6)37-25)29-38(34,35)22-8-9-24-21(12-22)10-11-36-24/h8-12,17-18,23,29H,13-16H2,1-7H3/t23-/m0/s1. The van der Waals surface area contributed by atoms with Gasteiger partial charge in [0.1, 0.15) is 11.6 Å². The van der Waals surface area contributed by atoms with Gasteiger partial charge in [0.2, 0.25) is 21.8 Å². The number of thiazole rings is 1. The number of furan rings is 1. The molecule has 0 spiro atoms. The van der Waals surface area contributed by atoms with Gasteiger partial charge in [0.15, 0.2) is 0 Å². The summed E-state index contributed by atoms with van der Waals surface area (Å²) < 4.78 is 34.7. The molecule has 1 N–H and O–H groups in total. The van der Waals surface area contributed by atoms with E-state index in [1.165, 1.54) is 34.6 Å². The average Bonchev–Trinajstić information content (AvgIpc) is 3.41. The van der Waals surface area contributed by atoms with Gasteiger partial charge in [-0.15, -0.1) is 11.3 Å². The molecule has 38 heavy (non-hydrogen) atoms. The molecule has 0 fully saturated rings. The fourth-order valence-corrected chi connectivity index (χ4v) is 6.47. The van der Waals surface area contributed by atoms with Crippen LogP contribution in [0.5, 0.6) is 0 Å². The predicted octanol–water partition coefficient (Wildman–Crippen LogP) is 4.34. The van der Waals surface area contributed by atoms with Crippen molar-refractivity contribution in [2.24, 2.45) is 11.8 Å². The Balaban J connectivity index is 1.89. The van der Waals surface area contributed by atoms with Gasteiger partial charge in [-0.25, -0.2) is 13.4 Å². The van der Waals surface area contributed by atoms with Gasteiger partial charge in [-0.3, -0.25) is 9.59 Å². The second-order valence-electron chi connectivity index (χ2n) is 10.5. The van der Waals surface area contributed by atoms with E-state index in [-0.39, 0.29) is 29.1 Å². The van der Waals surface area contributed by atoms with E-state index in [1.54, 1.807) is 24.1 Å². The zero-order valence-corrected chi connectivity index (χ0v) is 24.8. The van der Waals surface area contributed by atoms with Gasteiger partial charge >= 0.3 is 0 Å². The maximum atomic E-state index is 13.8. The highest BCUT2D eigenvalue weighted by atomic mass is 32.2. The number of sulfonamides is 1. The molecule has 2 heterocycles. The third-order valence-corrected chi connectivity index (χ3v) is 8.52. The minimum Gasteiger partial charge on any atom is -0.464 e. The smallest absolute Gasteiger partial charge is 0.241 e. The van der Waals surface area contributed by atoms with Crippen molar-refractivity contribution in [1.29, 1.82) is 0 Å². The fourth-order valence-electron chi connectivity index (χ4n) is 4.26. The highest BCUT2D eigenvalue weighted by Crippen LogP contribution is 2.22. The lowest BCUT2D eigenvalue weighted by Crippen LogP contribution is -2.52. The third-order valence-electron chi connectivity index (χ3n) is 6.00. The van der Waals surface area contributed by atoms with Gasteiger partial charge in [0.05, 0.1) is 34.8 Å². The Morgan fingerprint density at radius 1 is 1.08 bits per heavy atom. The lowest BCUT2D eigenvalue weighted by molar-refractivity contribution is -0.139. The number of hydrogen-bond donors (Lipinski definition) is 1. The largest absolute Gasteiger partial charge is 0.464 e. The SMILES string of the molecule is Cc1nc(C)c(CN(C)C(=O)C[C@H](NS(=O)(=O)c2ccc3occc3c2)C(=O)N(CC(C)C)CC(C)C)s1. The van der Waals surface area contributed by atoms with Crippen molar-refractivity contribution >= 4 is 44.1 Å². The van der Waals surface area contributed by atoms with Gasteiger partial charge in [0, 0.05) is 30.4 Å². The second-order valence-corrected chi connectivity index (χ2v) is 13.5. The van der Waals surface area contributed by atoms with E-state index >= 15 is 0 Å². The van der Waals surface area contributed by atoms with Crippen LogP contribution < -0.4 is 4.72 Å². The molecule has 0 aliphatic heterocycles. The molecule has 2 aromatic heterocycles. The van der Waals surface area contributed by atoms with Gasteiger partial charge < -0.3 is 14.2 Å². The summed E-state index contributed by atoms with van der Waals surface area (Å²) in [5, 5.41) is 1.54. The van der Waals surface area contributed by atoms with Crippen LogP contribution >= 0.6 is 11.3 Å².